The van der Waals surface area contributed by atoms with Crippen molar-refractivity contribution in [3.05, 3.63) is 99.5 Å². The van der Waals surface area contributed by atoms with Crippen LogP contribution in [0.25, 0.3) is 0 Å². The predicted octanol–water partition coefficient (Wildman–Crippen LogP) is 6.05. The molecular formula is C29H27Cl2N3O4. The predicted molar refractivity (Wildman–Crippen MR) is 149 cm³/mol. The van der Waals surface area contributed by atoms with Crippen molar-refractivity contribution < 1.29 is 19.1 Å². The van der Waals surface area contributed by atoms with Crippen LogP contribution in [0, 0.1) is 5.41 Å². The van der Waals surface area contributed by atoms with Gasteiger partial charge in [-0.3, -0.25) is 14.9 Å². The van der Waals surface area contributed by atoms with E-state index >= 15 is 0 Å². The van der Waals surface area contributed by atoms with E-state index in [9.17, 15) is 14.4 Å². The first-order chi connectivity index (χ1) is 18.0. The highest BCUT2D eigenvalue weighted by molar-refractivity contribution is 6.37. The molecule has 1 aliphatic rings. The highest BCUT2D eigenvalue weighted by Gasteiger charge is 2.36. The van der Waals surface area contributed by atoms with E-state index in [4.69, 9.17) is 27.9 Å². The minimum Gasteiger partial charge on any atom is -0.445 e. The number of hydrogen-bond acceptors (Lipinski definition) is 5. The summed E-state index contributed by atoms with van der Waals surface area (Å²) in [6, 6.07) is 21.1. The highest BCUT2D eigenvalue weighted by Crippen LogP contribution is 2.33. The summed E-state index contributed by atoms with van der Waals surface area (Å²) < 4.78 is 5.35. The first-order valence-corrected chi connectivity index (χ1v) is 12.7. The number of carbonyl (C=O) groups excluding carboxylic acids is 3. The SMILES string of the molecule is CC(C)(C)C(=O)CN1C(=O)C(NC(=O)OCc2ccccc2)N=C(c2ccccc2Cl)c2cc(Cl)ccc21. The number of aliphatic imine (C=N–C) groups is 1. The van der Waals surface area contributed by atoms with Gasteiger partial charge in [0.2, 0.25) is 6.17 Å². The van der Waals surface area contributed by atoms with Gasteiger partial charge in [0.25, 0.3) is 5.91 Å². The summed E-state index contributed by atoms with van der Waals surface area (Å²) in [5, 5.41) is 3.37. The van der Waals surface area contributed by atoms with Gasteiger partial charge in [0, 0.05) is 26.6 Å². The maximum absolute atomic E-state index is 13.9. The van der Waals surface area contributed by atoms with Crippen LogP contribution in [0.15, 0.2) is 77.8 Å². The average Bonchev–Trinajstić information content (AvgIpc) is 2.98. The van der Waals surface area contributed by atoms with Crippen LogP contribution in [0.1, 0.15) is 37.5 Å². The number of hydrogen-bond donors (Lipinski definition) is 1. The lowest BCUT2D eigenvalue weighted by Gasteiger charge is -2.28. The molecule has 0 fully saturated rings. The molecule has 1 atom stereocenters. The number of halogens is 2. The lowest BCUT2D eigenvalue weighted by atomic mass is 9.90. The summed E-state index contributed by atoms with van der Waals surface area (Å²) in [4.78, 5) is 45.7. The number of fused-ring (bicyclic) bond motifs is 1. The zero-order valence-corrected chi connectivity index (χ0v) is 22.7. The second-order valence-electron chi connectivity index (χ2n) is 9.83. The van der Waals surface area contributed by atoms with Gasteiger partial charge < -0.3 is 9.64 Å². The van der Waals surface area contributed by atoms with E-state index in [0.29, 0.717) is 32.6 Å². The first-order valence-electron chi connectivity index (χ1n) is 12.0. The molecule has 1 N–H and O–H groups in total. The minimum absolute atomic E-state index is 0.0106. The van der Waals surface area contributed by atoms with Gasteiger partial charge in [-0.15, -0.1) is 0 Å². The molecule has 196 valence electrons. The number of nitrogens with zero attached hydrogens (tertiary/aromatic N) is 2. The number of alkyl carbamates (subject to hydrolysis) is 1. The molecule has 3 aromatic carbocycles. The van der Waals surface area contributed by atoms with Crippen molar-refractivity contribution >= 4 is 52.4 Å². The van der Waals surface area contributed by atoms with Gasteiger partial charge in [-0.1, -0.05) is 92.5 Å². The molecule has 0 saturated heterocycles. The van der Waals surface area contributed by atoms with Crippen LogP contribution in [0.4, 0.5) is 10.5 Å². The number of carbonyl (C=O) groups is 3. The fourth-order valence-corrected chi connectivity index (χ4v) is 4.23. The molecule has 9 heteroatoms. The standard InChI is InChI=1S/C29H27Cl2N3O4/c1-29(2,3)24(35)16-34-23-14-13-19(30)15-21(23)25(20-11-7-8-12-22(20)31)32-26(27(34)36)33-28(37)38-17-18-9-5-4-6-10-18/h4-15,26H,16-17H2,1-3H3,(H,33,37). The molecule has 7 nitrogen and oxygen atoms in total. The molecular weight excluding hydrogens is 525 g/mol. The topological polar surface area (TPSA) is 88.1 Å². The van der Waals surface area contributed by atoms with Gasteiger partial charge in [-0.05, 0) is 29.8 Å². The Hall–Kier alpha value is -3.68. The molecule has 2 amide bonds. The Morgan fingerprint density at radius 2 is 1.66 bits per heavy atom. The number of nitrogens with one attached hydrogen (secondary N) is 1. The number of amides is 2. The number of Topliss-reactive ketones (excluding diaryl/α,β-unsaturated/α-hetero) is 1. The Morgan fingerprint density at radius 1 is 0.974 bits per heavy atom. The molecule has 0 bridgehead atoms. The van der Waals surface area contributed by atoms with Crippen molar-refractivity contribution in [2.45, 2.75) is 33.5 Å². The Morgan fingerprint density at radius 3 is 2.34 bits per heavy atom. The Kier molecular flexibility index (Phi) is 8.19. The van der Waals surface area contributed by atoms with E-state index in [-0.39, 0.29) is 18.9 Å². The molecule has 38 heavy (non-hydrogen) atoms. The maximum Gasteiger partial charge on any atom is 0.409 e. The summed E-state index contributed by atoms with van der Waals surface area (Å²) in [5.41, 5.74) is 1.90. The first kappa shape index (κ1) is 27.4. The normalized spacial score (nSPS) is 15.3. The number of benzene rings is 3. The van der Waals surface area contributed by atoms with E-state index in [1.165, 1.54) is 4.90 Å². The summed E-state index contributed by atoms with van der Waals surface area (Å²) in [7, 11) is 0. The average molecular weight is 552 g/mol. The van der Waals surface area contributed by atoms with Crippen molar-refractivity contribution in [2.24, 2.45) is 10.4 Å². The molecule has 0 spiro atoms. The fourth-order valence-electron chi connectivity index (χ4n) is 3.84. The van der Waals surface area contributed by atoms with E-state index in [2.05, 4.69) is 10.3 Å². The van der Waals surface area contributed by atoms with Crippen molar-refractivity contribution in [3.8, 4) is 0 Å². The zero-order valence-electron chi connectivity index (χ0n) is 21.2. The van der Waals surface area contributed by atoms with Crippen LogP contribution in [-0.4, -0.2) is 36.2 Å². The molecule has 1 unspecified atom stereocenters. The number of benzodiazepines with no additional fused rings is 1. The van der Waals surface area contributed by atoms with Gasteiger partial charge in [0.05, 0.1) is 17.9 Å². The minimum atomic E-state index is -1.39. The summed E-state index contributed by atoms with van der Waals surface area (Å²) in [6.45, 7) is 5.13. The van der Waals surface area contributed by atoms with E-state index in [1.54, 1.807) is 63.2 Å². The Labute approximate surface area is 231 Å². The van der Waals surface area contributed by atoms with Crippen LogP contribution >= 0.6 is 23.2 Å². The third-order valence-electron chi connectivity index (χ3n) is 6.00. The van der Waals surface area contributed by atoms with E-state index in [0.717, 1.165) is 5.56 Å². The second-order valence-corrected chi connectivity index (χ2v) is 10.7. The van der Waals surface area contributed by atoms with Gasteiger partial charge in [0.1, 0.15) is 6.61 Å². The van der Waals surface area contributed by atoms with Crippen LogP contribution in [0.5, 0.6) is 0 Å². The number of anilines is 1. The Balaban J connectivity index is 1.77. The second kappa shape index (κ2) is 11.4. The van der Waals surface area contributed by atoms with Crippen molar-refractivity contribution in [3.63, 3.8) is 0 Å². The Bertz CT molecular complexity index is 1400. The van der Waals surface area contributed by atoms with Crippen LogP contribution in [-0.2, 0) is 20.9 Å². The molecule has 3 aromatic rings. The van der Waals surface area contributed by atoms with Gasteiger partial charge >= 0.3 is 6.09 Å². The molecule has 1 aliphatic heterocycles. The van der Waals surface area contributed by atoms with Crippen molar-refractivity contribution in [1.82, 2.24) is 5.32 Å². The van der Waals surface area contributed by atoms with Gasteiger partial charge in [-0.25, -0.2) is 9.79 Å². The summed E-state index contributed by atoms with van der Waals surface area (Å²) >= 11 is 12.9. The number of ketones is 1. The van der Waals surface area contributed by atoms with Gasteiger partial charge in [-0.2, -0.15) is 0 Å². The molecule has 4 rings (SSSR count). The van der Waals surface area contributed by atoms with Crippen LogP contribution in [0.3, 0.4) is 0 Å². The third-order valence-corrected chi connectivity index (χ3v) is 6.56. The van der Waals surface area contributed by atoms with Crippen LogP contribution < -0.4 is 10.2 Å². The summed E-state index contributed by atoms with van der Waals surface area (Å²) in [5.74, 6) is -0.761. The van der Waals surface area contributed by atoms with E-state index in [1.807, 2.05) is 30.3 Å². The molecule has 1 heterocycles. The zero-order chi connectivity index (χ0) is 27.4. The highest BCUT2D eigenvalue weighted by atomic mass is 35.5. The molecule has 0 aliphatic carbocycles. The lowest BCUT2D eigenvalue weighted by molar-refractivity contribution is -0.127. The van der Waals surface area contributed by atoms with Crippen molar-refractivity contribution in [1.29, 1.82) is 0 Å². The van der Waals surface area contributed by atoms with Crippen molar-refractivity contribution in [2.75, 3.05) is 11.4 Å². The van der Waals surface area contributed by atoms with E-state index < -0.39 is 23.6 Å². The number of ether oxygens (including phenoxy) is 1. The quantitative estimate of drug-likeness (QED) is 0.404. The molecule has 0 saturated carbocycles. The smallest absolute Gasteiger partial charge is 0.409 e. The van der Waals surface area contributed by atoms with Gasteiger partial charge in [0.15, 0.2) is 5.78 Å². The fraction of sp³-hybridized carbons (Fsp3) is 0.241. The monoisotopic (exact) mass is 551 g/mol. The third kappa shape index (κ3) is 6.23. The molecule has 0 aromatic heterocycles. The maximum atomic E-state index is 13.9. The molecule has 0 radical (unpaired) electrons. The van der Waals surface area contributed by atoms with Crippen LogP contribution in [0.2, 0.25) is 10.0 Å². The number of rotatable bonds is 6. The largest absolute Gasteiger partial charge is 0.445 e. The summed E-state index contributed by atoms with van der Waals surface area (Å²) in [6.07, 6.45) is -2.22. The lowest BCUT2D eigenvalue weighted by Crippen LogP contribution is -2.50.